The fourth-order valence-corrected chi connectivity index (χ4v) is 2.39. The van der Waals surface area contributed by atoms with Crippen LogP contribution < -0.4 is 10.1 Å². The van der Waals surface area contributed by atoms with E-state index in [4.69, 9.17) is 16.3 Å². The van der Waals surface area contributed by atoms with Gasteiger partial charge in [0, 0.05) is 10.6 Å². The highest BCUT2D eigenvalue weighted by Gasteiger charge is 2.23. The molecule has 0 heterocycles. The second kappa shape index (κ2) is 6.37. The Morgan fingerprint density at radius 2 is 1.71 bits per heavy atom. The quantitative estimate of drug-likeness (QED) is 0.859. The highest BCUT2D eigenvalue weighted by molar-refractivity contribution is 6.31. The van der Waals surface area contributed by atoms with Crippen LogP contribution in [0, 0.1) is 17.5 Å². The van der Waals surface area contributed by atoms with Crippen LogP contribution >= 0.6 is 11.6 Å². The minimum atomic E-state index is -1.50. The summed E-state index contributed by atoms with van der Waals surface area (Å²) in [6.07, 6.45) is 0. The molecule has 1 N–H and O–H groups in total. The van der Waals surface area contributed by atoms with Crippen LogP contribution in [0.4, 0.5) is 13.2 Å². The van der Waals surface area contributed by atoms with E-state index in [-0.39, 0.29) is 5.56 Å². The molecule has 0 aliphatic heterocycles. The third-order valence-corrected chi connectivity index (χ3v) is 3.51. The lowest BCUT2D eigenvalue weighted by Crippen LogP contribution is -2.20. The van der Waals surface area contributed by atoms with Gasteiger partial charge in [0.25, 0.3) is 0 Å². The number of ether oxygens (including phenoxy) is 1. The average Bonchev–Trinajstić information content (AvgIpc) is 2.49. The molecule has 1 atom stereocenters. The molecule has 112 valence electrons. The SMILES string of the molecule is CNC(c1ccc(OC)cc1Cl)c1ccc(F)c(F)c1F. The van der Waals surface area contributed by atoms with Gasteiger partial charge >= 0.3 is 0 Å². The molecule has 2 rings (SSSR count). The lowest BCUT2D eigenvalue weighted by molar-refractivity contribution is 0.414. The second-order valence-electron chi connectivity index (χ2n) is 4.37. The van der Waals surface area contributed by atoms with E-state index in [1.807, 2.05) is 0 Å². The number of hydrogen-bond donors (Lipinski definition) is 1. The Morgan fingerprint density at radius 1 is 1.05 bits per heavy atom. The molecular weight excluding hydrogens is 303 g/mol. The molecule has 0 bridgehead atoms. The molecule has 0 saturated heterocycles. The van der Waals surface area contributed by atoms with Crippen molar-refractivity contribution in [3.8, 4) is 5.75 Å². The van der Waals surface area contributed by atoms with Crippen molar-refractivity contribution in [2.75, 3.05) is 14.2 Å². The molecule has 2 aromatic rings. The topological polar surface area (TPSA) is 21.3 Å². The van der Waals surface area contributed by atoms with Crippen molar-refractivity contribution >= 4 is 11.6 Å². The van der Waals surface area contributed by atoms with E-state index < -0.39 is 23.5 Å². The van der Waals surface area contributed by atoms with Crippen molar-refractivity contribution in [1.29, 1.82) is 0 Å². The molecular formula is C15H13ClF3NO. The monoisotopic (exact) mass is 315 g/mol. The molecule has 0 aliphatic rings. The van der Waals surface area contributed by atoms with Crippen molar-refractivity contribution in [1.82, 2.24) is 5.32 Å². The molecule has 0 spiro atoms. The molecule has 0 fully saturated rings. The summed E-state index contributed by atoms with van der Waals surface area (Å²) in [6, 6.07) is 6.23. The molecule has 21 heavy (non-hydrogen) atoms. The van der Waals surface area contributed by atoms with Gasteiger partial charge in [-0.2, -0.15) is 0 Å². The average molecular weight is 316 g/mol. The van der Waals surface area contributed by atoms with Crippen LogP contribution in [0.15, 0.2) is 30.3 Å². The summed E-state index contributed by atoms with van der Waals surface area (Å²) in [5.41, 5.74) is 0.508. The van der Waals surface area contributed by atoms with Crippen LogP contribution in [0.1, 0.15) is 17.2 Å². The van der Waals surface area contributed by atoms with Gasteiger partial charge in [-0.25, -0.2) is 13.2 Å². The van der Waals surface area contributed by atoms with Crippen molar-refractivity contribution in [2.24, 2.45) is 0 Å². The van der Waals surface area contributed by atoms with Crippen LogP contribution in [0.5, 0.6) is 5.75 Å². The molecule has 1 unspecified atom stereocenters. The predicted molar refractivity (Wildman–Crippen MR) is 75.2 cm³/mol. The summed E-state index contributed by atoms with van der Waals surface area (Å²) in [5.74, 6) is -3.42. The Hall–Kier alpha value is -1.72. The number of benzene rings is 2. The Kier molecular flexibility index (Phi) is 4.75. The zero-order valence-electron chi connectivity index (χ0n) is 11.4. The van der Waals surface area contributed by atoms with Crippen LogP contribution in [-0.4, -0.2) is 14.2 Å². The number of rotatable bonds is 4. The van der Waals surface area contributed by atoms with Gasteiger partial charge in [-0.15, -0.1) is 0 Å². The first-order valence-corrected chi connectivity index (χ1v) is 6.51. The van der Waals surface area contributed by atoms with Crippen molar-refractivity contribution < 1.29 is 17.9 Å². The Balaban J connectivity index is 2.52. The maximum Gasteiger partial charge on any atom is 0.194 e. The van der Waals surface area contributed by atoms with Crippen LogP contribution in [-0.2, 0) is 0 Å². The van der Waals surface area contributed by atoms with E-state index in [1.54, 1.807) is 25.2 Å². The van der Waals surface area contributed by atoms with Crippen LogP contribution in [0.3, 0.4) is 0 Å². The maximum absolute atomic E-state index is 13.9. The van der Waals surface area contributed by atoms with Gasteiger partial charge in [0.1, 0.15) is 5.75 Å². The number of nitrogens with one attached hydrogen (secondary N) is 1. The van der Waals surface area contributed by atoms with Crippen molar-refractivity contribution in [2.45, 2.75) is 6.04 Å². The van der Waals surface area contributed by atoms with E-state index >= 15 is 0 Å². The normalized spacial score (nSPS) is 12.3. The molecule has 0 aliphatic carbocycles. The summed E-state index contributed by atoms with van der Waals surface area (Å²) in [7, 11) is 3.07. The molecule has 0 aromatic heterocycles. The fraction of sp³-hybridized carbons (Fsp3) is 0.200. The molecule has 2 nitrogen and oxygen atoms in total. The van der Waals surface area contributed by atoms with Crippen LogP contribution in [0.25, 0.3) is 0 Å². The van der Waals surface area contributed by atoms with E-state index in [9.17, 15) is 13.2 Å². The Labute approximate surface area is 125 Å². The lowest BCUT2D eigenvalue weighted by atomic mass is 9.98. The van der Waals surface area contributed by atoms with Gasteiger partial charge in [0.05, 0.1) is 13.2 Å². The smallest absolute Gasteiger partial charge is 0.194 e. The highest BCUT2D eigenvalue weighted by Crippen LogP contribution is 2.33. The minimum Gasteiger partial charge on any atom is -0.497 e. The lowest BCUT2D eigenvalue weighted by Gasteiger charge is -2.20. The van der Waals surface area contributed by atoms with Gasteiger partial charge in [-0.3, -0.25) is 0 Å². The summed E-state index contributed by atoms with van der Waals surface area (Å²) >= 11 is 6.14. The number of hydrogen-bond acceptors (Lipinski definition) is 2. The predicted octanol–water partition coefficient (Wildman–Crippen LogP) is 4.07. The third-order valence-electron chi connectivity index (χ3n) is 3.18. The summed E-state index contributed by atoms with van der Waals surface area (Å²) < 4.78 is 45.4. The van der Waals surface area contributed by atoms with Gasteiger partial charge in [-0.05, 0) is 30.8 Å². The highest BCUT2D eigenvalue weighted by atomic mass is 35.5. The zero-order valence-corrected chi connectivity index (χ0v) is 12.1. The van der Waals surface area contributed by atoms with Gasteiger partial charge < -0.3 is 10.1 Å². The number of halogens is 4. The molecule has 0 radical (unpaired) electrons. The standard InChI is InChI=1S/C15H13ClF3NO/c1-20-15(9-4-3-8(21-2)7-11(9)16)10-5-6-12(17)14(19)13(10)18/h3-7,15,20H,1-2H3. The summed E-state index contributed by atoms with van der Waals surface area (Å²) in [4.78, 5) is 0. The first-order valence-electron chi connectivity index (χ1n) is 6.13. The van der Waals surface area contributed by atoms with Crippen LogP contribution in [0.2, 0.25) is 5.02 Å². The zero-order chi connectivity index (χ0) is 15.6. The first kappa shape index (κ1) is 15.7. The van der Waals surface area contributed by atoms with Crippen molar-refractivity contribution in [3.05, 3.63) is 63.9 Å². The minimum absolute atomic E-state index is 0.0246. The fourth-order valence-electron chi connectivity index (χ4n) is 2.11. The van der Waals surface area contributed by atoms with E-state index in [1.165, 1.54) is 13.2 Å². The molecule has 2 aromatic carbocycles. The first-order chi connectivity index (χ1) is 9.99. The largest absolute Gasteiger partial charge is 0.497 e. The molecule has 0 saturated carbocycles. The van der Waals surface area contributed by atoms with E-state index in [2.05, 4.69) is 5.32 Å². The van der Waals surface area contributed by atoms with Gasteiger partial charge in [0.2, 0.25) is 0 Å². The molecule has 6 heteroatoms. The Bertz CT molecular complexity index is 664. The maximum atomic E-state index is 13.9. The summed E-state index contributed by atoms with van der Waals surface area (Å²) in [6.45, 7) is 0. The number of methoxy groups -OCH3 is 1. The third kappa shape index (κ3) is 2.99. The van der Waals surface area contributed by atoms with Crippen molar-refractivity contribution in [3.63, 3.8) is 0 Å². The summed E-state index contributed by atoms with van der Waals surface area (Å²) in [5, 5.41) is 3.18. The van der Waals surface area contributed by atoms with E-state index in [0.29, 0.717) is 16.3 Å². The van der Waals surface area contributed by atoms with Gasteiger partial charge in [-0.1, -0.05) is 23.7 Å². The second-order valence-corrected chi connectivity index (χ2v) is 4.78. The van der Waals surface area contributed by atoms with E-state index in [0.717, 1.165) is 6.07 Å². The molecule has 0 amide bonds. The Morgan fingerprint density at radius 3 is 2.29 bits per heavy atom. The van der Waals surface area contributed by atoms with Gasteiger partial charge in [0.15, 0.2) is 17.5 Å².